The molecule has 17 heavy (non-hydrogen) atoms. The van der Waals surface area contributed by atoms with E-state index in [4.69, 9.17) is 5.73 Å². The van der Waals surface area contributed by atoms with Gasteiger partial charge in [0.05, 0.1) is 0 Å². The minimum atomic E-state index is -0.108. The zero-order chi connectivity index (χ0) is 12.8. The molecule has 0 saturated heterocycles. The summed E-state index contributed by atoms with van der Waals surface area (Å²) < 4.78 is 0. The summed E-state index contributed by atoms with van der Waals surface area (Å²) in [6.45, 7) is 6.79. The monoisotopic (exact) mass is 235 g/mol. The minimum absolute atomic E-state index is 0.000880. The van der Waals surface area contributed by atoms with Crippen molar-refractivity contribution in [2.24, 2.45) is 5.73 Å². The second kappa shape index (κ2) is 3.64. The maximum atomic E-state index is 9.99. The molecule has 0 unspecified atom stereocenters. The number of rotatable bonds is 2. The molecule has 1 aromatic rings. The van der Waals surface area contributed by atoms with Gasteiger partial charge in [-0.3, -0.25) is 0 Å². The van der Waals surface area contributed by atoms with Gasteiger partial charge in [0, 0.05) is 17.5 Å². The molecule has 0 spiro atoms. The van der Waals surface area contributed by atoms with Crippen LogP contribution in [0.2, 0.25) is 0 Å². The van der Waals surface area contributed by atoms with Crippen LogP contribution in [0.5, 0.6) is 11.5 Å². The van der Waals surface area contributed by atoms with Crippen LogP contribution in [0.4, 0.5) is 0 Å². The van der Waals surface area contributed by atoms with E-state index in [-0.39, 0.29) is 22.3 Å². The number of benzene rings is 1. The van der Waals surface area contributed by atoms with Crippen LogP contribution in [0, 0.1) is 0 Å². The normalized spacial score (nSPS) is 18.1. The van der Waals surface area contributed by atoms with Crippen LogP contribution in [0.25, 0.3) is 0 Å². The van der Waals surface area contributed by atoms with E-state index < -0.39 is 0 Å². The van der Waals surface area contributed by atoms with E-state index >= 15 is 0 Å². The van der Waals surface area contributed by atoms with Crippen molar-refractivity contribution in [3.63, 3.8) is 0 Å². The molecule has 3 heteroatoms. The Morgan fingerprint density at radius 3 is 2.24 bits per heavy atom. The lowest BCUT2D eigenvalue weighted by Gasteiger charge is -2.23. The third-order valence-electron chi connectivity index (χ3n) is 3.77. The molecule has 0 aliphatic heterocycles. The van der Waals surface area contributed by atoms with E-state index in [1.165, 1.54) is 0 Å². The molecule has 1 aliphatic carbocycles. The van der Waals surface area contributed by atoms with Crippen molar-refractivity contribution in [3.05, 3.63) is 23.3 Å². The van der Waals surface area contributed by atoms with Crippen LogP contribution < -0.4 is 5.73 Å². The fourth-order valence-electron chi connectivity index (χ4n) is 2.19. The van der Waals surface area contributed by atoms with E-state index in [2.05, 4.69) is 20.8 Å². The molecule has 1 aliphatic rings. The highest BCUT2D eigenvalue weighted by Gasteiger charge is 2.45. The molecular weight excluding hydrogens is 214 g/mol. The Morgan fingerprint density at radius 2 is 1.82 bits per heavy atom. The molecule has 0 amide bonds. The summed E-state index contributed by atoms with van der Waals surface area (Å²) in [5, 5.41) is 19.8. The van der Waals surface area contributed by atoms with Gasteiger partial charge in [-0.15, -0.1) is 0 Å². The summed E-state index contributed by atoms with van der Waals surface area (Å²) in [5.41, 5.74) is 7.47. The van der Waals surface area contributed by atoms with Gasteiger partial charge in [-0.2, -0.15) is 0 Å². The third-order valence-corrected chi connectivity index (χ3v) is 3.77. The van der Waals surface area contributed by atoms with Gasteiger partial charge in [0.25, 0.3) is 0 Å². The molecule has 4 N–H and O–H groups in total. The summed E-state index contributed by atoms with van der Waals surface area (Å²) in [5.74, 6) is -0.0342. The molecule has 0 radical (unpaired) electrons. The van der Waals surface area contributed by atoms with Gasteiger partial charge in [0.1, 0.15) is 0 Å². The molecule has 0 bridgehead atoms. The van der Waals surface area contributed by atoms with Crippen LogP contribution in [0.3, 0.4) is 0 Å². The van der Waals surface area contributed by atoms with Crippen molar-refractivity contribution in [2.45, 2.75) is 44.4 Å². The van der Waals surface area contributed by atoms with E-state index in [1.54, 1.807) is 6.07 Å². The van der Waals surface area contributed by atoms with Gasteiger partial charge in [0.2, 0.25) is 0 Å². The maximum absolute atomic E-state index is 9.99. The first-order valence-electron chi connectivity index (χ1n) is 6.07. The number of nitrogens with two attached hydrogens (primary N) is 1. The van der Waals surface area contributed by atoms with Crippen LogP contribution in [0.15, 0.2) is 12.1 Å². The number of aromatic hydroxyl groups is 2. The first-order valence-corrected chi connectivity index (χ1v) is 6.07. The van der Waals surface area contributed by atoms with Crippen LogP contribution >= 0.6 is 0 Å². The maximum Gasteiger partial charge on any atom is 0.161 e. The van der Waals surface area contributed by atoms with E-state index in [1.807, 2.05) is 6.07 Å². The van der Waals surface area contributed by atoms with Crippen molar-refractivity contribution < 1.29 is 10.2 Å². The van der Waals surface area contributed by atoms with Gasteiger partial charge in [-0.25, -0.2) is 0 Å². The second-order valence-corrected chi connectivity index (χ2v) is 6.13. The smallest absolute Gasteiger partial charge is 0.161 e. The van der Waals surface area contributed by atoms with Crippen molar-refractivity contribution in [2.75, 3.05) is 6.54 Å². The number of phenolic OH excluding ortho intramolecular Hbond substituents is 2. The standard InChI is InChI=1S/C14H21NO2/c1-13(2,3)9-6-10(12(17)11(16)7-9)14(8-15)4-5-14/h6-7,16-17H,4-5,8,15H2,1-3H3. The van der Waals surface area contributed by atoms with Gasteiger partial charge in [-0.05, 0) is 29.9 Å². The van der Waals surface area contributed by atoms with Gasteiger partial charge in [0.15, 0.2) is 11.5 Å². The Hall–Kier alpha value is -1.22. The van der Waals surface area contributed by atoms with Crippen molar-refractivity contribution in [3.8, 4) is 11.5 Å². The topological polar surface area (TPSA) is 66.5 Å². The molecule has 1 fully saturated rings. The Morgan fingerprint density at radius 1 is 1.24 bits per heavy atom. The molecule has 0 atom stereocenters. The van der Waals surface area contributed by atoms with Crippen LogP contribution in [-0.2, 0) is 10.8 Å². The second-order valence-electron chi connectivity index (χ2n) is 6.13. The Balaban J connectivity index is 2.56. The lowest BCUT2D eigenvalue weighted by molar-refractivity contribution is 0.392. The zero-order valence-electron chi connectivity index (χ0n) is 10.7. The third kappa shape index (κ3) is 2.00. The molecule has 3 nitrogen and oxygen atoms in total. The highest BCUT2D eigenvalue weighted by atomic mass is 16.3. The predicted molar refractivity (Wildman–Crippen MR) is 68.4 cm³/mol. The molecular formula is C14H21NO2. The summed E-state index contributed by atoms with van der Waals surface area (Å²) in [6, 6.07) is 3.64. The van der Waals surface area contributed by atoms with Gasteiger partial charge in [-0.1, -0.05) is 26.8 Å². The average Bonchev–Trinajstić information content (AvgIpc) is 3.01. The Kier molecular flexibility index (Phi) is 2.62. The van der Waals surface area contributed by atoms with Gasteiger partial charge < -0.3 is 15.9 Å². The molecule has 0 aromatic heterocycles. The molecule has 94 valence electrons. The first-order chi connectivity index (χ1) is 7.80. The molecule has 1 saturated carbocycles. The van der Waals surface area contributed by atoms with E-state index in [9.17, 15) is 10.2 Å². The average molecular weight is 235 g/mol. The zero-order valence-corrected chi connectivity index (χ0v) is 10.7. The fraction of sp³-hybridized carbons (Fsp3) is 0.571. The van der Waals surface area contributed by atoms with Crippen molar-refractivity contribution in [1.82, 2.24) is 0 Å². The molecule has 1 aromatic carbocycles. The lowest BCUT2D eigenvalue weighted by atomic mass is 9.83. The minimum Gasteiger partial charge on any atom is -0.504 e. The van der Waals surface area contributed by atoms with Crippen LogP contribution in [-0.4, -0.2) is 16.8 Å². The predicted octanol–water partition coefficient (Wildman–Crippen LogP) is 2.39. The summed E-state index contributed by atoms with van der Waals surface area (Å²) in [4.78, 5) is 0. The van der Waals surface area contributed by atoms with Crippen molar-refractivity contribution >= 4 is 0 Å². The van der Waals surface area contributed by atoms with Crippen molar-refractivity contribution in [1.29, 1.82) is 0 Å². The van der Waals surface area contributed by atoms with E-state index in [0.29, 0.717) is 6.54 Å². The Bertz CT molecular complexity index is 442. The quantitative estimate of drug-likeness (QED) is 0.689. The summed E-state index contributed by atoms with van der Waals surface area (Å²) in [6.07, 6.45) is 1.98. The molecule has 0 heterocycles. The summed E-state index contributed by atoms with van der Waals surface area (Å²) in [7, 11) is 0. The number of hydrogen-bond acceptors (Lipinski definition) is 3. The highest BCUT2D eigenvalue weighted by Crippen LogP contribution is 2.53. The number of hydrogen-bond donors (Lipinski definition) is 3. The number of phenols is 2. The highest BCUT2D eigenvalue weighted by molar-refractivity contribution is 5.54. The first kappa shape index (κ1) is 12.2. The van der Waals surface area contributed by atoms with E-state index in [0.717, 1.165) is 24.0 Å². The fourth-order valence-corrected chi connectivity index (χ4v) is 2.19. The van der Waals surface area contributed by atoms with Gasteiger partial charge >= 0.3 is 0 Å². The van der Waals surface area contributed by atoms with Crippen LogP contribution in [0.1, 0.15) is 44.7 Å². The SMILES string of the molecule is CC(C)(C)c1cc(O)c(O)c(C2(CN)CC2)c1. The Labute approximate surface area is 102 Å². The molecule has 2 rings (SSSR count). The summed E-state index contributed by atoms with van der Waals surface area (Å²) >= 11 is 0. The lowest BCUT2D eigenvalue weighted by Crippen LogP contribution is -2.21. The largest absolute Gasteiger partial charge is 0.504 e.